The van der Waals surface area contributed by atoms with Crippen LogP contribution >= 0.6 is 0 Å². The summed E-state index contributed by atoms with van der Waals surface area (Å²) in [6.45, 7) is 13.2. The second kappa shape index (κ2) is 6.44. The molecule has 0 bridgehead atoms. The highest BCUT2D eigenvalue weighted by atomic mass is 16.7. The molecule has 1 aromatic carbocycles. The number of rotatable bonds is 2. The summed E-state index contributed by atoms with van der Waals surface area (Å²) >= 11 is 0. The van der Waals surface area contributed by atoms with Gasteiger partial charge in [-0.25, -0.2) is 0 Å². The van der Waals surface area contributed by atoms with Crippen LogP contribution in [0.25, 0.3) is 0 Å². The lowest BCUT2D eigenvalue weighted by Crippen LogP contribution is -2.47. The molecule has 0 aromatic heterocycles. The molecule has 0 N–H and O–H groups in total. The molecule has 2 heterocycles. The Bertz CT molecular complexity index is 655. The number of likely N-dealkylation sites (tertiary alicyclic amines) is 1. The van der Waals surface area contributed by atoms with Crippen molar-refractivity contribution < 1.29 is 14.1 Å². The van der Waals surface area contributed by atoms with Gasteiger partial charge >= 0.3 is 7.12 Å². The Hall–Kier alpha value is -1.33. The Morgan fingerprint density at radius 1 is 1.16 bits per heavy atom. The van der Waals surface area contributed by atoms with Crippen LogP contribution in [0.5, 0.6) is 0 Å². The summed E-state index contributed by atoms with van der Waals surface area (Å²) in [4.78, 5) is 15.3. The SMILES string of the molecule is Cc1cccc(C(=O)N2CCCCC2C)c1B1OC(C)(C)C(C)(C)O1. The van der Waals surface area contributed by atoms with Crippen LogP contribution in [-0.2, 0) is 9.31 Å². The van der Waals surface area contributed by atoms with Gasteiger partial charge in [-0.2, -0.15) is 0 Å². The molecular formula is C20H30BNO3. The molecule has 1 unspecified atom stereocenters. The van der Waals surface area contributed by atoms with Crippen LogP contribution in [-0.4, -0.2) is 41.7 Å². The maximum Gasteiger partial charge on any atom is 0.495 e. The Morgan fingerprint density at radius 2 is 1.80 bits per heavy atom. The van der Waals surface area contributed by atoms with Gasteiger partial charge in [-0.05, 0) is 72.3 Å². The predicted octanol–water partition coefficient (Wildman–Crippen LogP) is 3.31. The van der Waals surface area contributed by atoms with Gasteiger partial charge in [0.2, 0.25) is 0 Å². The normalized spacial score (nSPS) is 25.3. The van der Waals surface area contributed by atoms with E-state index in [4.69, 9.17) is 9.31 Å². The van der Waals surface area contributed by atoms with Crippen molar-refractivity contribution in [2.45, 2.75) is 78.0 Å². The van der Waals surface area contributed by atoms with Crippen molar-refractivity contribution in [3.8, 4) is 0 Å². The number of nitrogens with zero attached hydrogens (tertiary/aromatic N) is 1. The second-order valence-electron chi connectivity index (χ2n) is 8.47. The number of carbonyl (C=O) groups is 1. The first-order valence-electron chi connectivity index (χ1n) is 9.40. The fourth-order valence-electron chi connectivity index (χ4n) is 3.70. The van der Waals surface area contributed by atoms with E-state index >= 15 is 0 Å². The van der Waals surface area contributed by atoms with Gasteiger partial charge in [0.05, 0.1) is 11.2 Å². The molecule has 1 atom stereocenters. The standard InChI is InChI=1S/C20H30BNO3/c1-14-10-9-12-16(18(23)22-13-8-7-11-15(22)2)17(14)21-24-19(3,4)20(5,6)25-21/h9-10,12,15H,7-8,11,13H2,1-6H3. The lowest BCUT2D eigenvalue weighted by Gasteiger charge is -2.34. The summed E-state index contributed by atoms with van der Waals surface area (Å²) in [5.74, 6) is 0.0978. The first-order valence-corrected chi connectivity index (χ1v) is 9.40. The molecule has 5 heteroatoms. The largest absolute Gasteiger partial charge is 0.495 e. The third kappa shape index (κ3) is 3.24. The average molecular weight is 343 g/mol. The lowest BCUT2D eigenvalue weighted by atomic mass is 9.72. The van der Waals surface area contributed by atoms with Crippen LogP contribution in [0, 0.1) is 6.92 Å². The number of hydrogen-bond acceptors (Lipinski definition) is 3. The van der Waals surface area contributed by atoms with Crippen molar-refractivity contribution in [2.24, 2.45) is 0 Å². The number of benzene rings is 1. The third-order valence-corrected chi connectivity index (χ3v) is 6.11. The van der Waals surface area contributed by atoms with E-state index in [9.17, 15) is 4.79 Å². The fraction of sp³-hybridized carbons (Fsp3) is 0.650. The molecular weight excluding hydrogens is 313 g/mol. The van der Waals surface area contributed by atoms with Crippen molar-refractivity contribution in [2.75, 3.05) is 6.54 Å². The molecule has 25 heavy (non-hydrogen) atoms. The smallest absolute Gasteiger partial charge is 0.399 e. The highest BCUT2D eigenvalue weighted by Gasteiger charge is 2.53. The van der Waals surface area contributed by atoms with E-state index < -0.39 is 18.3 Å². The number of piperidine rings is 1. The molecule has 2 saturated heterocycles. The zero-order chi connectivity index (χ0) is 18.4. The molecule has 136 valence electrons. The van der Waals surface area contributed by atoms with E-state index in [0.29, 0.717) is 5.56 Å². The van der Waals surface area contributed by atoms with E-state index in [0.717, 1.165) is 30.4 Å². The fourth-order valence-corrected chi connectivity index (χ4v) is 3.70. The number of aryl methyl sites for hydroxylation is 1. The monoisotopic (exact) mass is 343 g/mol. The predicted molar refractivity (Wildman–Crippen MR) is 101 cm³/mol. The summed E-state index contributed by atoms with van der Waals surface area (Å²) < 4.78 is 12.5. The van der Waals surface area contributed by atoms with Gasteiger partial charge in [-0.3, -0.25) is 4.79 Å². The molecule has 1 aromatic rings. The van der Waals surface area contributed by atoms with Crippen molar-refractivity contribution in [3.05, 3.63) is 29.3 Å². The van der Waals surface area contributed by atoms with Crippen molar-refractivity contribution in [1.82, 2.24) is 4.90 Å². The topological polar surface area (TPSA) is 38.8 Å². The van der Waals surface area contributed by atoms with Crippen LogP contribution in [0.3, 0.4) is 0 Å². The van der Waals surface area contributed by atoms with Crippen LogP contribution in [0.2, 0.25) is 0 Å². The Kier molecular flexibility index (Phi) is 4.76. The quantitative estimate of drug-likeness (QED) is 0.774. The zero-order valence-corrected chi connectivity index (χ0v) is 16.4. The second-order valence-corrected chi connectivity index (χ2v) is 8.47. The minimum absolute atomic E-state index is 0.0978. The molecule has 4 nitrogen and oxygen atoms in total. The molecule has 0 radical (unpaired) electrons. The zero-order valence-electron chi connectivity index (χ0n) is 16.4. The maximum atomic E-state index is 13.3. The Labute approximate surface area is 152 Å². The molecule has 0 saturated carbocycles. The minimum Gasteiger partial charge on any atom is -0.399 e. The molecule has 1 amide bonds. The number of hydrogen-bond donors (Lipinski definition) is 0. The lowest BCUT2D eigenvalue weighted by molar-refractivity contribution is 0.00578. The molecule has 2 aliphatic heterocycles. The van der Waals surface area contributed by atoms with E-state index in [1.165, 1.54) is 6.42 Å². The van der Waals surface area contributed by atoms with Crippen LogP contribution in [0.15, 0.2) is 18.2 Å². The summed E-state index contributed by atoms with van der Waals surface area (Å²) in [5.41, 5.74) is 1.79. The summed E-state index contributed by atoms with van der Waals surface area (Å²) in [5, 5.41) is 0. The molecule has 3 rings (SSSR count). The van der Waals surface area contributed by atoms with Gasteiger partial charge in [0.1, 0.15) is 0 Å². The van der Waals surface area contributed by atoms with E-state index in [-0.39, 0.29) is 11.9 Å². The number of carbonyl (C=O) groups excluding carboxylic acids is 1. The molecule has 0 spiro atoms. The van der Waals surface area contributed by atoms with E-state index in [1.54, 1.807) is 0 Å². The number of amides is 1. The Morgan fingerprint density at radius 3 is 2.40 bits per heavy atom. The van der Waals surface area contributed by atoms with E-state index in [2.05, 4.69) is 6.92 Å². The van der Waals surface area contributed by atoms with Crippen LogP contribution in [0.1, 0.15) is 69.8 Å². The van der Waals surface area contributed by atoms with Gasteiger partial charge in [0.15, 0.2) is 0 Å². The highest BCUT2D eigenvalue weighted by molar-refractivity contribution is 6.64. The van der Waals surface area contributed by atoms with Gasteiger partial charge in [0, 0.05) is 18.2 Å². The molecule has 2 fully saturated rings. The van der Waals surface area contributed by atoms with Gasteiger partial charge < -0.3 is 14.2 Å². The maximum absolute atomic E-state index is 13.3. The van der Waals surface area contributed by atoms with Crippen LogP contribution in [0.4, 0.5) is 0 Å². The Balaban J connectivity index is 1.97. The molecule has 0 aliphatic carbocycles. The highest BCUT2D eigenvalue weighted by Crippen LogP contribution is 2.37. The average Bonchev–Trinajstić information content (AvgIpc) is 2.74. The summed E-state index contributed by atoms with van der Waals surface area (Å²) in [6, 6.07) is 6.17. The van der Waals surface area contributed by atoms with Crippen molar-refractivity contribution in [3.63, 3.8) is 0 Å². The minimum atomic E-state index is -0.509. The van der Waals surface area contributed by atoms with Crippen molar-refractivity contribution >= 4 is 18.5 Å². The first kappa shape index (κ1) is 18.5. The summed E-state index contributed by atoms with van der Waals surface area (Å²) in [6.07, 6.45) is 3.35. The van der Waals surface area contributed by atoms with Crippen molar-refractivity contribution in [1.29, 1.82) is 0 Å². The summed E-state index contributed by atoms with van der Waals surface area (Å²) in [7, 11) is -0.509. The van der Waals surface area contributed by atoms with Gasteiger partial charge in [-0.15, -0.1) is 0 Å². The van der Waals surface area contributed by atoms with Crippen LogP contribution < -0.4 is 5.46 Å². The van der Waals surface area contributed by atoms with Gasteiger partial charge in [0.25, 0.3) is 5.91 Å². The van der Waals surface area contributed by atoms with E-state index in [1.807, 2.05) is 57.7 Å². The first-order chi connectivity index (χ1) is 11.6. The third-order valence-electron chi connectivity index (χ3n) is 6.11. The van der Waals surface area contributed by atoms with Gasteiger partial charge in [-0.1, -0.05) is 17.7 Å². The molecule has 2 aliphatic rings.